The fraction of sp³-hybridized carbons (Fsp3) is 0.375. The zero-order chi connectivity index (χ0) is 47.6. The zero-order valence-corrected chi connectivity index (χ0v) is 42.0. The van der Waals surface area contributed by atoms with Gasteiger partial charge in [0.25, 0.3) is 0 Å². The maximum atomic E-state index is 13.2. The summed E-state index contributed by atoms with van der Waals surface area (Å²) in [5, 5.41) is 6.01. The predicted octanol–water partition coefficient (Wildman–Crippen LogP) is 7.49. The van der Waals surface area contributed by atoms with E-state index in [9.17, 15) is 16.8 Å². The van der Waals surface area contributed by atoms with Crippen molar-refractivity contribution in [1.82, 2.24) is 18.6 Å². The van der Waals surface area contributed by atoms with Crippen LogP contribution in [0.4, 0.5) is 10.3 Å². The van der Waals surface area contributed by atoms with Crippen molar-refractivity contribution in [1.29, 1.82) is 0 Å². The molecule has 2 fully saturated rings. The number of nitrogens with zero attached hydrogens (tertiary/aromatic N) is 6. The molecule has 0 bridgehead atoms. The molecule has 6 aromatic rings. The first-order chi connectivity index (χ1) is 32.4. The van der Waals surface area contributed by atoms with Gasteiger partial charge in [-0.05, 0) is 66.4 Å². The van der Waals surface area contributed by atoms with Crippen LogP contribution >= 0.6 is 22.7 Å². The summed E-state index contributed by atoms with van der Waals surface area (Å²) in [7, 11) is -1.36. The summed E-state index contributed by atoms with van der Waals surface area (Å²) in [6, 6.07) is 26.2. The molecule has 0 amide bonds. The highest BCUT2D eigenvalue weighted by atomic mass is 32.2. The van der Waals surface area contributed by atoms with Crippen LogP contribution in [0.5, 0.6) is 28.7 Å². The van der Waals surface area contributed by atoms with E-state index in [1.54, 1.807) is 53.0 Å². The van der Waals surface area contributed by atoms with Gasteiger partial charge < -0.3 is 33.5 Å². The molecule has 19 heteroatoms. The number of rotatable bonds is 17. The van der Waals surface area contributed by atoms with Crippen molar-refractivity contribution in [2.45, 2.75) is 42.9 Å². The number of piperazine rings is 2. The number of methoxy groups -OCH3 is 4. The van der Waals surface area contributed by atoms with E-state index in [4.69, 9.17) is 33.7 Å². The standard InChI is InChI=1S/C24H29N3O5S2.C24H29N3O4S2/c1-4-32-20-7-5-18(6-8-20)15-19-17-33-24(25-19)26-11-13-27(14-12-26)34(28,29)23-10-9-21(30-2)16-22(23)31-3;1-4-18-5-7-19(8-6-18)15-20-17-32-24(25-20)26-11-13-27(14-12-26)33(28,29)23-10-9-21(30-2)16-22(23)31-3/h5-10,16-17H,4,11-15H2,1-3H3;5-10,16-17H,4,11-15H2,1-3H3. The molecule has 2 aliphatic heterocycles. The van der Waals surface area contributed by atoms with Gasteiger partial charge in [-0.1, -0.05) is 43.3 Å². The minimum Gasteiger partial charge on any atom is -0.497 e. The molecular formula is C48H58N6O9S4. The smallest absolute Gasteiger partial charge is 0.246 e. The van der Waals surface area contributed by atoms with E-state index < -0.39 is 20.0 Å². The third-order valence-electron chi connectivity index (χ3n) is 11.5. The molecule has 0 saturated carbocycles. The average Bonchev–Trinajstić information content (AvgIpc) is 4.05. The Balaban J connectivity index is 0.000000199. The first-order valence-electron chi connectivity index (χ1n) is 22.0. The molecule has 0 aliphatic carbocycles. The number of sulfonamides is 2. The summed E-state index contributed by atoms with van der Waals surface area (Å²) in [6.07, 6.45) is 2.58. The number of anilines is 2. The van der Waals surface area contributed by atoms with Gasteiger partial charge in [-0.15, -0.1) is 22.7 Å². The van der Waals surface area contributed by atoms with E-state index in [0.29, 0.717) is 70.5 Å². The second-order valence-corrected chi connectivity index (χ2v) is 21.1. The van der Waals surface area contributed by atoms with Crippen molar-refractivity contribution < 1.29 is 40.5 Å². The summed E-state index contributed by atoms with van der Waals surface area (Å²) >= 11 is 3.20. The van der Waals surface area contributed by atoms with Crippen molar-refractivity contribution in [3.63, 3.8) is 0 Å². The highest BCUT2D eigenvalue weighted by Crippen LogP contribution is 2.34. The molecule has 2 saturated heterocycles. The van der Waals surface area contributed by atoms with Crippen molar-refractivity contribution in [2.24, 2.45) is 0 Å². The van der Waals surface area contributed by atoms with E-state index in [1.165, 1.54) is 59.8 Å². The Bertz CT molecular complexity index is 2770. The lowest BCUT2D eigenvalue weighted by Gasteiger charge is -2.34. The molecule has 0 atom stereocenters. The number of ether oxygens (including phenoxy) is 5. The fourth-order valence-electron chi connectivity index (χ4n) is 7.72. The second kappa shape index (κ2) is 22.6. The lowest BCUT2D eigenvalue weighted by molar-refractivity contribution is 0.340. The first kappa shape index (κ1) is 49.5. The maximum absolute atomic E-state index is 13.2. The van der Waals surface area contributed by atoms with Gasteiger partial charge in [0.05, 0.1) is 46.4 Å². The van der Waals surface area contributed by atoms with Crippen LogP contribution in [-0.4, -0.2) is 123 Å². The van der Waals surface area contributed by atoms with E-state index in [0.717, 1.165) is 46.7 Å². The van der Waals surface area contributed by atoms with Gasteiger partial charge in [-0.3, -0.25) is 0 Å². The third kappa shape index (κ3) is 12.0. The van der Waals surface area contributed by atoms with Crippen LogP contribution in [0.15, 0.2) is 105 Å². The van der Waals surface area contributed by atoms with Crippen molar-refractivity contribution in [3.8, 4) is 28.7 Å². The Morgan fingerprint density at radius 3 is 1.27 bits per heavy atom. The molecule has 67 heavy (non-hydrogen) atoms. The summed E-state index contributed by atoms with van der Waals surface area (Å²) in [4.78, 5) is 14.2. The number of thiazole rings is 2. The number of benzene rings is 4. The highest BCUT2D eigenvalue weighted by Gasteiger charge is 2.33. The molecule has 0 spiro atoms. The number of aromatic nitrogens is 2. The Morgan fingerprint density at radius 1 is 0.507 bits per heavy atom. The van der Waals surface area contributed by atoms with Crippen LogP contribution in [0.25, 0.3) is 0 Å². The highest BCUT2D eigenvalue weighted by molar-refractivity contribution is 7.89. The van der Waals surface area contributed by atoms with Crippen LogP contribution in [0.3, 0.4) is 0 Å². The Hall–Kier alpha value is -5.44. The second-order valence-electron chi connectivity index (χ2n) is 15.7. The fourth-order valence-corrected chi connectivity index (χ4v) is 12.6. The molecular weight excluding hydrogens is 933 g/mol. The molecule has 15 nitrogen and oxygen atoms in total. The summed E-state index contributed by atoms with van der Waals surface area (Å²) < 4.78 is 82.5. The lowest BCUT2D eigenvalue weighted by atomic mass is 10.1. The normalized spacial score (nSPS) is 14.8. The minimum absolute atomic E-state index is 0.149. The van der Waals surface area contributed by atoms with Gasteiger partial charge in [-0.2, -0.15) is 8.61 Å². The largest absolute Gasteiger partial charge is 0.497 e. The van der Waals surface area contributed by atoms with Crippen molar-refractivity contribution in [2.75, 3.05) is 97.2 Å². The van der Waals surface area contributed by atoms with E-state index in [2.05, 4.69) is 63.9 Å². The third-order valence-corrected chi connectivity index (χ3v) is 17.3. The van der Waals surface area contributed by atoms with Gasteiger partial charge in [0.2, 0.25) is 20.0 Å². The average molecular weight is 991 g/mol. The Morgan fingerprint density at radius 2 is 0.896 bits per heavy atom. The zero-order valence-electron chi connectivity index (χ0n) is 38.7. The number of hydrogen-bond acceptors (Lipinski definition) is 15. The SMILES string of the molecule is CCOc1ccc(Cc2csc(N3CCN(S(=O)(=O)c4ccc(OC)cc4OC)CC3)n2)cc1.CCc1ccc(Cc2csc(N3CCN(S(=O)(=O)c4ccc(OC)cc4OC)CC3)n2)cc1. The molecule has 0 radical (unpaired) electrons. The maximum Gasteiger partial charge on any atom is 0.246 e. The number of aryl methyl sites for hydroxylation is 1. The molecule has 0 N–H and O–H groups in total. The summed E-state index contributed by atoms with van der Waals surface area (Å²) in [5.74, 6) is 2.53. The van der Waals surface area contributed by atoms with Crippen molar-refractivity contribution in [3.05, 3.63) is 124 Å². The molecule has 0 unspecified atom stereocenters. The Kier molecular flexibility index (Phi) is 16.7. The lowest BCUT2D eigenvalue weighted by Crippen LogP contribution is -2.48. The van der Waals surface area contributed by atoms with Gasteiger partial charge >= 0.3 is 0 Å². The van der Waals surface area contributed by atoms with E-state index in [-0.39, 0.29) is 21.3 Å². The van der Waals surface area contributed by atoms with Gasteiger partial charge in [0.1, 0.15) is 38.5 Å². The monoisotopic (exact) mass is 990 g/mol. The van der Waals surface area contributed by atoms with Crippen LogP contribution in [0.2, 0.25) is 0 Å². The van der Waals surface area contributed by atoms with Crippen LogP contribution < -0.4 is 33.5 Å². The summed E-state index contributed by atoms with van der Waals surface area (Å²) in [5.41, 5.74) is 5.79. The first-order valence-corrected chi connectivity index (χ1v) is 26.7. The summed E-state index contributed by atoms with van der Waals surface area (Å²) in [6.45, 7) is 8.66. The van der Waals surface area contributed by atoms with Gasteiger partial charge in [0, 0.05) is 88.1 Å². The molecule has 4 aromatic carbocycles. The molecule has 2 aliphatic rings. The topological polar surface area (TPSA) is 153 Å². The minimum atomic E-state index is -3.68. The quantitative estimate of drug-likeness (QED) is 0.0889. The molecule has 4 heterocycles. The van der Waals surface area contributed by atoms with Crippen LogP contribution in [0.1, 0.15) is 41.9 Å². The van der Waals surface area contributed by atoms with E-state index >= 15 is 0 Å². The molecule has 358 valence electrons. The van der Waals surface area contributed by atoms with Crippen molar-refractivity contribution >= 4 is 53.0 Å². The van der Waals surface area contributed by atoms with Gasteiger partial charge in [-0.25, -0.2) is 26.8 Å². The number of hydrogen-bond donors (Lipinski definition) is 0. The Labute approximate surface area is 402 Å². The van der Waals surface area contributed by atoms with E-state index in [1.807, 2.05) is 19.1 Å². The molecule has 2 aromatic heterocycles. The molecule has 8 rings (SSSR count). The van der Waals surface area contributed by atoms with Crippen LogP contribution in [0, 0.1) is 0 Å². The van der Waals surface area contributed by atoms with Gasteiger partial charge in [0.15, 0.2) is 10.3 Å². The van der Waals surface area contributed by atoms with Crippen LogP contribution in [-0.2, 0) is 39.3 Å². The predicted molar refractivity (Wildman–Crippen MR) is 264 cm³/mol.